The minimum Gasteiger partial charge on any atom is -0.336 e. The van der Waals surface area contributed by atoms with Crippen LogP contribution in [0.1, 0.15) is 17.3 Å². The fourth-order valence-electron chi connectivity index (χ4n) is 1.80. The standard InChI is InChI=1S/C12H16N4/c1-16-9-14-8-12(16)11(15-13)7-10-5-3-2-4-6-10/h2-6,8-9,11,15H,7,13H2,1H3. The van der Waals surface area contributed by atoms with Crippen LogP contribution < -0.4 is 11.3 Å². The van der Waals surface area contributed by atoms with Gasteiger partial charge in [-0.2, -0.15) is 0 Å². The Morgan fingerprint density at radius 3 is 2.69 bits per heavy atom. The zero-order chi connectivity index (χ0) is 11.4. The number of hydrogen-bond acceptors (Lipinski definition) is 3. The molecule has 0 amide bonds. The summed E-state index contributed by atoms with van der Waals surface area (Å²) in [6, 6.07) is 10.4. The number of nitrogens with one attached hydrogen (secondary N) is 1. The van der Waals surface area contributed by atoms with Crippen LogP contribution in [0.5, 0.6) is 0 Å². The molecule has 0 aliphatic carbocycles. The molecule has 0 radical (unpaired) electrons. The first-order chi connectivity index (χ1) is 7.81. The van der Waals surface area contributed by atoms with E-state index in [1.807, 2.05) is 36.0 Å². The molecule has 1 unspecified atom stereocenters. The van der Waals surface area contributed by atoms with E-state index in [0.717, 1.165) is 12.1 Å². The van der Waals surface area contributed by atoms with Gasteiger partial charge in [0.1, 0.15) is 0 Å². The lowest BCUT2D eigenvalue weighted by atomic mass is 10.0. The molecule has 1 atom stereocenters. The summed E-state index contributed by atoms with van der Waals surface area (Å²) in [6.45, 7) is 0. The summed E-state index contributed by atoms with van der Waals surface area (Å²) in [5, 5.41) is 0. The number of nitrogens with two attached hydrogens (primary N) is 1. The van der Waals surface area contributed by atoms with E-state index < -0.39 is 0 Å². The van der Waals surface area contributed by atoms with Gasteiger partial charge in [0.05, 0.1) is 18.1 Å². The van der Waals surface area contributed by atoms with Crippen LogP contribution in [0.2, 0.25) is 0 Å². The zero-order valence-electron chi connectivity index (χ0n) is 9.30. The third-order valence-corrected chi connectivity index (χ3v) is 2.69. The number of rotatable bonds is 4. The van der Waals surface area contributed by atoms with E-state index in [0.29, 0.717) is 0 Å². The molecule has 3 N–H and O–H groups in total. The Bertz CT molecular complexity index is 435. The molecule has 0 fully saturated rings. The summed E-state index contributed by atoms with van der Waals surface area (Å²) in [4.78, 5) is 4.10. The average Bonchev–Trinajstić information content (AvgIpc) is 2.74. The maximum absolute atomic E-state index is 5.59. The van der Waals surface area contributed by atoms with Crippen molar-refractivity contribution in [2.75, 3.05) is 0 Å². The van der Waals surface area contributed by atoms with Gasteiger partial charge in [-0.05, 0) is 12.0 Å². The number of hydrogen-bond donors (Lipinski definition) is 2. The molecule has 4 heteroatoms. The van der Waals surface area contributed by atoms with Gasteiger partial charge in [-0.1, -0.05) is 30.3 Å². The molecular weight excluding hydrogens is 200 g/mol. The second kappa shape index (κ2) is 4.92. The van der Waals surface area contributed by atoms with Crippen LogP contribution in [0.3, 0.4) is 0 Å². The fourth-order valence-corrected chi connectivity index (χ4v) is 1.80. The summed E-state index contributed by atoms with van der Waals surface area (Å²) in [7, 11) is 1.97. The first-order valence-electron chi connectivity index (χ1n) is 5.27. The minimum absolute atomic E-state index is 0.0925. The van der Waals surface area contributed by atoms with Gasteiger partial charge >= 0.3 is 0 Å². The highest BCUT2D eigenvalue weighted by atomic mass is 15.2. The van der Waals surface area contributed by atoms with Gasteiger partial charge in [-0.25, -0.2) is 4.98 Å². The Morgan fingerprint density at radius 1 is 1.38 bits per heavy atom. The van der Waals surface area contributed by atoms with E-state index in [-0.39, 0.29) is 6.04 Å². The van der Waals surface area contributed by atoms with Crippen LogP contribution >= 0.6 is 0 Å². The molecule has 2 aromatic rings. The highest BCUT2D eigenvalue weighted by Crippen LogP contribution is 2.16. The molecule has 0 spiro atoms. The van der Waals surface area contributed by atoms with Crippen molar-refractivity contribution >= 4 is 0 Å². The molecular formula is C12H16N4. The smallest absolute Gasteiger partial charge is 0.0946 e. The van der Waals surface area contributed by atoms with E-state index in [2.05, 4.69) is 22.5 Å². The van der Waals surface area contributed by atoms with E-state index in [1.54, 1.807) is 6.33 Å². The number of imidazole rings is 1. The van der Waals surface area contributed by atoms with Crippen molar-refractivity contribution in [3.05, 3.63) is 54.1 Å². The lowest BCUT2D eigenvalue weighted by Gasteiger charge is -2.16. The van der Waals surface area contributed by atoms with Crippen molar-refractivity contribution in [3.8, 4) is 0 Å². The maximum atomic E-state index is 5.59. The highest BCUT2D eigenvalue weighted by Gasteiger charge is 2.13. The normalized spacial score (nSPS) is 12.6. The van der Waals surface area contributed by atoms with Crippen molar-refractivity contribution in [1.29, 1.82) is 0 Å². The zero-order valence-corrected chi connectivity index (χ0v) is 9.30. The summed E-state index contributed by atoms with van der Waals surface area (Å²) >= 11 is 0. The fraction of sp³-hybridized carbons (Fsp3) is 0.250. The van der Waals surface area contributed by atoms with Crippen molar-refractivity contribution in [3.63, 3.8) is 0 Å². The SMILES string of the molecule is Cn1cncc1C(Cc1ccccc1)NN. The molecule has 0 aliphatic heterocycles. The van der Waals surface area contributed by atoms with Crippen molar-refractivity contribution in [2.24, 2.45) is 12.9 Å². The van der Waals surface area contributed by atoms with Crippen LogP contribution in [0.25, 0.3) is 0 Å². The van der Waals surface area contributed by atoms with Gasteiger partial charge in [0, 0.05) is 13.2 Å². The summed E-state index contributed by atoms with van der Waals surface area (Å²) in [5.74, 6) is 5.59. The van der Waals surface area contributed by atoms with Gasteiger partial charge in [-0.15, -0.1) is 0 Å². The Balaban J connectivity index is 2.16. The van der Waals surface area contributed by atoms with Gasteiger partial charge < -0.3 is 4.57 Å². The first kappa shape index (κ1) is 10.9. The Hall–Kier alpha value is -1.65. The molecule has 84 valence electrons. The topological polar surface area (TPSA) is 55.9 Å². The van der Waals surface area contributed by atoms with Crippen LogP contribution in [0.4, 0.5) is 0 Å². The monoisotopic (exact) mass is 216 g/mol. The number of aromatic nitrogens is 2. The predicted molar refractivity (Wildman–Crippen MR) is 63.4 cm³/mol. The molecule has 16 heavy (non-hydrogen) atoms. The number of nitrogens with zero attached hydrogens (tertiary/aromatic N) is 2. The third-order valence-electron chi connectivity index (χ3n) is 2.69. The second-order valence-electron chi connectivity index (χ2n) is 3.84. The van der Waals surface area contributed by atoms with E-state index >= 15 is 0 Å². The molecule has 0 saturated carbocycles. The van der Waals surface area contributed by atoms with E-state index in [9.17, 15) is 0 Å². The van der Waals surface area contributed by atoms with E-state index in [4.69, 9.17) is 5.84 Å². The summed E-state index contributed by atoms with van der Waals surface area (Å²) < 4.78 is 1.98. The molecule has 1 heterocycles. The van der Waals surface area contributed by atoms with Crippen LogP contribution in [-0.4, -0.2) is 9.55 Å². The Labute approximate surface area is 95.1 Å². The molecule has 0 bridgehead atoms. The third kappa shape index (κ3) is 2.29. The van der Waals surface area contributed by atoms with Gasteiger partial charge in [0.25, 0.3) is 0 Å². The van der Waals surface area contributed by atoms with Crippen molar-refractivity contribution in [2.45, 2.75) is 12.5 Å². The molecule has 1 aromatic carbocycles. The Morgan fingerprint density at radius 2 is 2.12 bits per heavy atom. The quantitative estimate of drug-likeness (QED) is 0.596. The largest absolute Gasteiger partial charge is 0.336 e. The first-order valence-corrected chi connectivity index (χ1v) is 5.27. The van der Waals surface area contributed by atoms with Gasteiger partial charge in [0.15, 0.2) is 0 Å². The second-order valence-corrected chi connectivity index (χ2v) is 3.84. The summed E-state index contributed by atoms with van der Waals surface area (Å²) in [5.41, 5.74) is 5.18. The Kier molecular flexibility index (Phi) is 3.34. The molecule has 0 aliphatic rings. The number of aryl methyl sites for hydroxylation is 1. The lowest BCUT2D eigenvalue weighted by Crippen LogP contribution is -2.30. The lowest BCUT2D eigenvalue weighted by molar-refractivity contribution is 0.522. The van der Waals surface area contributed by atoms with Crippen LogP contribution in [0.15, 0.2) is 42.9 Å². The number of benzene rings is 1. The highest BCUT2D eigenvalue weighted by molar-refractivity contribution is 5.18. The van der Waals surface area contributed by atoms with Crippen molar-refractivity contribution < 1.29 is 0 Å². The molecule has 0 saturated heterocycles. The van der Waals surface area contributed by atoms with Gasteiger partial charge in [-0.3, -0.25) is 11.3 Å². The average molecular weight is 216 g/mol. The summed E-state index contributed by atoms with van der Waals surface area (Å²) in [6.07, 6.45) is 4.48. The maximum Gasteiger partial charge on any atom is 0.0946 e. The van der Waals surface area contributed by atoms with Crippen LogP contribution in [0, 0.1) is 0 Å². The predicted octanol–water partition coefficient (Wildman–Crippen LogP) is 1.17. The molecule has 4 nitrogen and oxygen atoms in total. The minimum atomic E-state index is 0.0925. The van der Waals surface area contributed by atoms with Gasteiger partial charge in [0.2, 0.25) is 0 Å². The molecule has 1 aromatic heterocycles. The number of hydrazine groups is 1. The van der Waals surface area contributed by atoms with Crippen LogP contribution in [-0.2, 0) is 13.5 Å². The van der Waals surface area contributed by atoms with Crippen molar-refractivity contribution in [1.82, 2.24) is 15.0 Å². The molecule has 2 rings (SSSR count). The van der Waals surface area contributed by atoms with E-state index in [1.165, 1.54) is 5.56 Å².